The zero-order valence-corrected chi connectivity index (χ0v) is 19.9. The molecular formula is C28H38O4. The van der Waals surface area contributed by atoms with Gasteiger partial charge in [-0.15, -0.1) is 0 Å². The van der Waals surface area contributed by atoms with Crippen LogP contribution < -0.4 is 9.47 Å². The minimum absolute atomic E-state index is 0.111. The van der Waals surface area contributed by atoms with E-state index in [0.29, 0.717) is 17.9 Å². The number of unbranched alkanes of at least 4 members (excludes halogenated alkanes) is 7. The first-order valence-electron chi connectivity index (χ1n) is 12.2. The molecule has 2 aromatic rings. The topological polar surface area (TPSA) is 52.6 Å². The average Bonchev–Trinajstić information content (AvgIpc) is 2.81. The highest BCUT2D eigenvalue weighted by atomic mass is 16.5. The summed E-state index contributed by atoms with van der Waals surface area (Å²) in [6.45, 7) is 6.05. The fraction of sp³-hybridized carbons (Fsp3) is 0.500. The number of esters is 2. The summed E-state index contributed by atoms with van der Waals surface area (Å²) >= 11 is 0. The number of carbonyl (C=O) groups is 2. The Morgan fingerprint density at radius 2 is 1.16 bits per heavy atom. The van der Waals surface area contributed by atoms with E-state index in [-0.39, 0.29) is 17.9 Å². The minimum Gasteiger partial charge on any atom is -0.427 e. The third kappa shape index (κ3) is 9.25. The van der Waals surface area contributed by atoms with Gasteiger partial charge in [-0.2, -0.15) is 0 Å². The van der Waals surface area contributed by atoms with Crippen LogP contribution in [0.4, 0.5) is 0 Å². The van der Waals surface area contributed by atoms with Crippen LogP contribution in [0.2, 0.25) is 0 Å². The third-order valence-electron chi connectivity index (χ3n) is 5.74. The van der Waals surface area contributed by atoms with Crippen molar-refractivity contribution in [2.75, 3.05) is 0 Å². The smallest absolute Gasteiger partial charge is 0.314 e. The largest absolute Gasteiger partial charge is 0.427 e. The normalized spacial score (nSPS) is 11.7. The van der Waals surface area contributed by atoms with E-state index < -0.39 is 0 Å². The molecule has 4 nitrogen and oxygen atoms in total. The Morgan fingerprint density at radius 1 is 0.688 bits per heavy atom. The second kappa shape index (κ2) is 14.4. The standard InChI is InChI=1S/C28H38O4/c1-4-6-7-8-9-10-11-12-13-27(29)31-25-18-14-23(15-19-25)24-16-20-26(21-17-24)32-28(30)22(3)5-2/h14-22H,4-13H2,1-3H3. The Morgan fingerprint density at radius 3 is 1.66 bits per heavy atom. The third-order valence-corrected chi connectivity index (χ3v) is 5.74. The van der Waals surface area contributed by atoms with E-state index in [0.717, 1.165) is 30.4 Å². The molecular weight excluding hydrogens is 400 g/mol. The van der Waals surface area contributed by atoms with Crippen molar-refractivity contribution in [3.05, 3.63) is 48.5 Å². The molecule has 0 heterocycles. The van der Waals surface area contributed by atoms with Crippen LogP contribution in [0.1, 0.15) is 85.0 Å². The van der Waals surface area contributed by atoms with Gasteiger partial charge in [0.2, 0.25) is 0 Å². The van der Waals surface area contributed by atoms with Crippen LogP contribution >= 0.6 is 0 Å². The molecule has 1 unspecified atom stereocenters. The van der Waals surface area contributed by atoms with Crippen molar-refractivity contribution >= 4 is 11.9 Å². The molecule has 0 saturated heterocycles. The Hall–Kier alpha value is -2.62. The highest BCUT2D eigenvalue weighted by Crippen LogP contribution is 2.25. The molecule has 0 bridgehead atoms. The van der Waals surface area contributed by atoms with Gasteiger partial charge in [-0.3, -0.25) is 9.59 Å². The Bertz CT molecular complexity index is 808. The van der Waals surface area contributed by atoms with E-state index >= 15 is 0 Å². The Labute approximate surface area is 193 Å². The van der Waals surface area contributed by atoms with Crippen molar-refractivity contribution in [2.24, 2.45) is 5.92 Å². The molecule has 0 aliphatic carbocycles. The SMILES string of the molecule is CCCCCCCCCCC(=O)Oc1ccc(-c2ccc(OC(=O)C(C)CC)cc2)cc1. The number of hydrogen-bond donors (Lipinski definition) is 0. The molecule has 0 aromatic heterocycles. The molecule has 0 saturated carbocycles. The molecule has 0 aliphatic heterocycles. The van der Waals surface area contributed by atoms with E-state index in [1.807, 2.05) is 50.2 Å². The highest BCUT2D eigenvalue weighted by Gasteiger charge is 2.13. The lowest BCUT2D eigenvalue weighted by molar-refractivity contribution is -0.138. The fourth-order valence-corrected chi connectivity index (χ4v) is 3.40. The van der Waals surface area contributed by atoms with Crippen LogP contribution in [-0.4, -0.2) is 11.9 Å². The first kappa shape index (κ1) is 25.6. The summed E-state index contributed by atoms with van der Waals surface area (Å²) in [5.41, 5.74) is 2.01. The first-order chi connectivity index (χ1) is 15.5. The molecule has 0 N–H and O–H groups in total. The van der Waals surface area contributed by atoms with Crippen molar-refractivity contribution in [3.63, 3.8) is 0 Å². The van der Waals surface area contributed by atoms with Gasteiger partial charge in [0.05, 0.1) is 5.92 Å². The van der Waals surface area contributed by atoms with E-state index in [2.05, 4.69) is 6.92 Å². The maximum Gasteiger partial charge on any atom is 0.314 e. The van der Waals surface area contributed by atoms with Crippen LogP contribution in [0.15, 0.2) is 48.5 Å². The van der Waals surface area contributed by atoms with Crippen LogP contribution in [0.5, 0.6) is 11.5 Å². The summed E-state index contributed by atoms with van der Waals surface area (Å²) in [6.07, 6.45) is 10.9. The van der Waals surface area contributed by atoms with Crippen LogP contribution in [0.3, 0.4) is 0 Å². The van der Waals surface area contributed by atoms with Crippen LogP contribution in [0, 0.1) is 5.92 Å². The van der Waals surface area contributed by atoms with Gasteiger partial charge in [0.25, 0.3) is 0 Å². The number of hydrogen-bond acceptors (Lipinski definition) is 4. The van der Waals surface area contributed by atoms with Gasteiger partial charge < -0.3 is 9.47 Å². The quantitative estimate of drug-likeness (QED) is 0.172. The highest BCUT2D eigenvalue weighted by molar-refractivity contribution is 5.75. The van der Waals surface area contributed by atoms with Crippen LogP contribution in [-0.2, 0) is 9.59 Å². The molecule has 0 radical (unpaired) electrons. The molecule has 32 heavy (non-hydrogen) atoms. The molecule has 2 aromatic carbocycles. The van der Waals surface area contributed by atoms with Crippen molar-refractivity contribution in [2.45, 2.75) is 85.0 Å². The Balaban J connectivity index is 1.74. The maximum atomic E-state index is 12.1. The molecule has 1 atom stereocenters. The fourth-order valence-electron chi connectivity index (χ4n) is 3.40. The number of ether oxygens (including phenoxy) is 2. The van der Waals surface area contributed by atoms with Crippen molar-refractivity contribution in [1.29, 1.82) is 0 Å². The molecule has 174 valence electrons. The van der Waals surface area contributed by atoms with E-state index in [4.69, 9.17) is 9.47 Å². The van der Waals surface area contributed by atoms with E-state index in [1.165, 1.54) is 38.5 Å². The van der Waals surface area contributed by atoms with Gasteiger partial charge in [-0.05, 0) is 48.2 Å². The van der Waals surface area contributed by atoms with Gasteiger partial charge in [0, 0.05) is 6.42 Å². The van der Waals surface area contributed by atoms with Crippen molar-refractivity contribution in [1.82, 2.24) is 0 Å². The molecule has 2 rings (SSSR count). The predicted molar refractivity (Wildman–Crippen MR) is 130 cm³/mol. The van der Waals surface area contributed by atoms with Gasteiger partial charge in [-0.1, -0.05) is 90.0 Å². The second-order valence-electron chi connectivity index (χ2n) is 8.48. The summed E-state index contributed by atoms with van der Waals surface area (Å²) in [6, 6.07) is 14.9. The summed E-state index contributed by atoms with van der Waals surface area (Å²) < 4.78 is 10.9. The first-order valence-corrected chi connectivity index (χ1v) is 12.2. The summed E-state index contributed by atoms with van der Waals surface area (Å²) in [5.74, 6) is 0.623. The lowest BCUT2D eigenvalue weighted by Gasteiger charge is -2.10. The minimum atomic E-state index is -0.210. The summed E-state index contributed by atoms with van der Waals surface area (Å²) in [7, 11) is 0. The monoisotopic (exact) mass is 438 g/mol. The zero-order valence-electron chi connectivity index (χ0n) is 19.9. The van der Waals surface area contributed by atoms with Gasteiger partial charge in [-0.25, -0.2) is 0 Å². The molecule has 0 fully saturated rings. The average molecular weight is 439 g/mol. The lowest BCUT2D eigenvalue weighted by Crippen LogP contribution is -2.16. The summed E-state index contributed by atoms with van der Waals surface area (Å²) in [5, 5.41) is 0. The van der Waals surface area contributed by atoms with Crippen molar-refractivity contribution in [3.8, 4) is 22.6 Å². The van der Waals surface area contributed by atoms with Gasteiger partial charge in [0.15, 0.2) is 0 Å². The number of benzene rings is 2. The molecule has 4 heteroatoms. The molecule has 0 amide bonds. The number of carbonyl (C=O) groups excluding carboxylic acids is 2. The zero-order chi connectivity index (χ0) is 23.2. The molecule has 0 spiro atoms. The maximum absolute atomic E-state index is 12.1. The molecule has 0 aliphatic rings. The van der Waals surface area contributed by atoms with E-state index in [1.54, 1.807) is 12.1 Å². The lowest BCUT2D eigenvalue weighted by atomic mass is 10.1. The summed E-state index contributed by atoms with van der Waals surface area (Å²) in [4.78, 5) is 24.0. The Kier molecular flexibility index (Phi) is 11.6. The second-order valence-corrected chi connectivity index (χ2v) is 8.48. The van der Waals surface area contributed by atoms with E-state index in [9.17, 15) is 9.59 Å². The van der Waals surface area contributed by atoms with Gasteiger partial charge >= 0.3 is 11.9 Å². The van der Waals surface area contributed by atoms with Gasteiger partial charge in [0.1, 0.15) is 11.5 Å². The van der Waals surface area contributed by atoms with Crippen LogP contribution in [0.25, 0.3) is 11.1 Å². The van der Waals surface area contributed by atoms with Crippen molar-refractivity contribution < 1.29 is 19.1 Å². The predicted octanol–water partition coefficient (Wildman–Crippen LogP) is 7.74. The number of rotatable bonds is 14.